The van der Waals surface area contributed by atoms with Crippen molar-refractivity contribution in [3.63, 3.8) is 0 Å². The summed E-state index contributed by atoms with van der Waals surface area (Å²) in [7, 11) is 1.52. The molecule has 0 spiro atoms. The van der Waals surface area contributed by atoms with Gasteiger partial charge in [-0.2, -0.15) is 0 Å². The van der Waals surface area contributed by atoms with Crippen LogP contribution in [0.1, 0.15) is 22.3 Å². The van der Waals surface area contributed by atoms with Gasteiger partial charge >= 0.3 is 0 Å². The molecule has 1 aromatic carbocycles. The third-order valence-electron chi connectivity index (χ3n) is 2.52. The zero-order chi connectivity index (χ0) is 13.4. The first-order valence-electron chi connectivity index (χ1n) is 5.82. The SMILES string of the molecule is COCC(O)CCNC(=O)c1ccc(CO)cc1. The summed E-state index contributed by atoms with van der Waals surface area (Å²) in [6, 6.07) is 6.72. The predicted molar refractivity (Wildman–Crippen MR) is 67.2 cm³/mol. The van der Waals surface area contributed by atoms with Gasteiger partial charge in [-0.05, 0) is 24.1 Å². The van der Waals surface area contributed by atoms with Crippen molar-refractivity contribution in [1.82, 2.24) is 5.32 Å². The van der Waals surface area contributed by atoms with Gasteiger partial charge in [-0.15, -0.1) is 0 Å². The van der Waals surface area contributed by atoms with Crippen molar-refractivity contribution in [3.8, 4) is 0 Å². The first kappa shape index (κ1) is 14.6. The van der Waals surface area contributed by atoms with Gasteiger partial charge in [-0.3, -0.25) is 4.79 Å². The number of methoxy groups -OCH3 is 1. The van der Waals surface area contributed by atoms with E-state index in [1.165, 1.54) is 7.11 Å². The smallest absolute Gasteiger partial charge is 0.251 e. The number of rotatable bonds is 7. The molecular formula is C13H19NO4. The first-order valence-corrected chi connectivity index (χ1v) is 5.82. The van der Waals surface area contributed by atoms with Crippen LogP contribution >= 0.6 is 0 Å². The van der Waals surface area contributed by atoms with E-state index in [0.717, 1.165) is 5.56 Å². The molecule has 0 aromatic heterocycles. The number of carbonyl (C=O) groups excluding carboxylic acids is 1. The van der Waals surface area contributed by atoms with Gasteiger partial charge in [0.05, 0.1) is 19.3 Å². The van der Waals surface area contributed by atoms with E-state index in [4.69, 9.17) is 9.84 Å². The lowest BCUT2D eigenvalue weighted by molar-refractivity contribution is 0.0587. The van der Waals surface area contributed by atoms with E-state index in [9.17, 15) is 9.90 Å². The molecule has 0 radical (unpaired) electrons. The predicted octanol–water partition coefficient (Wildman–Crippen LogP) is 0.306. The summed E-state index contributed by atoms with van der Waals surface area (Å²) in [4.78, 5) is 11.7. The van der Waals surface area contributed by atoms with Gasteiger partial charge < -0.3 is 20.3 Å². The maximum Gasteiger partial charge on any atom is 0.251 e. The average Bonchev–Trinajstić information content (AvgIpc) is 2.39. The van der Waals surface area contributed by atoms with Crippen LogP contribution < -0.4 is 5.32 Å². The molecular weight excluding hydrogens is 234 g/mol. The first-order chi connectivity index (χ1) is 8.67. The molecule has 1 unspecified atom stereocenters. The van der Waals surface area contributed by atoms with Crippen LogP contribution in [0.3, 0.4) is 0 Å². The number of aliphatic hydroxyl groups excluding tert-OH is 2. The van der Waals surface area contributed by atoms with Crippen molar-refractivity contribution in [3.05, 3.63) is 35.4 Å². The van der Waals surface area contributed by atoms with Crippen LogP contribution in [0.25, 0.3) is 0 Å². The molecule has 0 aliphatic carbocycles. The molecule has 3 N–H and O–H groups in total. The maximum absolute atomic E-state index is 11.7. The number of aliphatic hydroxyl groups is 2. The van der Waals surface area contributed by atoms with Crippen molar-refractivity contribution >= 4 is 5.91 Å². The van der Waals surface area contributed by atoms with Crippen molar-refractivity contribution in [2.75, 3.05) is 20.3 Å². The monoisotopic (exact) mass is 253 g/mol. The van der Waals surface area contributed by atoms with Crippen LogP contribution in [-0.4, -0.2) is 42.5 Å². The van der Waals surface area contributed by atoms with Gasteiger partial charge in [0.15, 0.2) is 0 Å². The Kier molecular flexibility index (Phi) is 6.35. The number of hydrogen-bond acceptors (Lipinski definition) is 4. The van der Waals surface area contributed by atoms with Gasteiger partial charge in [0.1, 0.15) is 0 Å². The number of nitrogens with one attached hydrogen (secondary N) is 1. The van der Waals surface area contributed by atoms with Gasteiger partial charge in [-0.1, -0.05) is 12.1 Å². The van der Waals surface area contributed by atoms with Crippen LogP contribution in [0, 0.1) is 0 Å². The van der Waals surface area contributed by atoms with E-state index in [2.05, 4.69) is 5.32 Å². The minimum absolute atomic E-state index is 0.0366. The normalized spacial score (nSPS) is 12.2. The van der Waals surface area contributed by atoms with Gasteiger partial charge in [0, 0.05) is 19.2 Å². The van der Waals surface area contributed by atoms with Crippen LogP contribution in [0.15, 0.2) is 24.3 Å². The molecule has 0 bridgehead atoms. The molecule has 1 amide bonds. The van der Waals surface area contributed by atoms with Gasteiger partial charge in [0.2, 0.25) is 0 Å². The molecule has 1 aromatic rings. The summed E-state index contributed by atoms with van der Waals surface area (Å²) in [5.74, 6) is -0.191. The number of carbonyl (C=O) groups is 1. The lowest BCUT2D eigenvalue weighted by Crippen LogP contribution is -2.28. The largest absolute Gasteiger partial charge is 0.392 e. The molecule has 0 aliphatic rings. The van der Waals surface area contributed by atoms with Crippen molar-refractivity contribution in [2.24, 2.45) is 0 Å². The topological polar surface area (TPSA) is 78.8 Å². The summed E-state index contributed by atoms with van der Waals surface area (Å²) >= 11 is 0. The molecule has 5 nitrogen and oxygen atoms in total. The van der Waals surface area contributed by atoms with Crippen molar-refractivity contribution < 1.29 is 19.7 Å². The van der Waals surface area contributed by atoms with Crippen LogP contribution in [0.5, 0.6) is 0 Å². The Bertz CT molecular complexity index is 364. The van der Waals surface area contributed by atoms with E-state index in [0.29, 0.717) is 18.5 Å². The standard InChI is InChI=1S/C13H19NO4/c1-18-9-12(16)6-7-14-13(17)11-4-2-10(8-15)3-5-11/h2-5,12,15-16H,6-9H2,1H3,(H,14,17). The molecule has 0 aliphatic heterocycles. The second-order valence-corrected chi connectivity index (χ2v) is 4.01. The zero-order valence-corrected chi connectivity index (χ0v) is 10.4. The highest BCUT2D eigenvalue weighted by atomic mass is 16.5. The van der Waals surface area contributed by atoms with Gasteiger partial charge in [0.25, 0.3) is 5.91 Å². The third-order valence-corrected chi connectivity index (χ3v) is 2.52. The molecule has 0 saturated heterocycles. The van der Waals surface area contributed by atoms with Crippen molar-refractivity contribution in [2.45, 2.75) is 19.1 Å². The van der Waals surface area contributed by atoms with Gasteiger partial charge in [-0.25, -0.2) is 0 Å². The number of amides is 1. The number of ether oxygens (including phenoxy) is 1. The van der Waals surface area contributed by atoms with E-state index in [1.54, 1.807) is 24.3 Å². The summed E-state index contributed by atoms with van der Waals surface area (Å²) < 4.78 is 4.78. The second-order valence-electron chi connectivity index (χ2n) is 4.01. The number of benzene rings is 1. The Morgan fingerprint density at radius 3 is 2.61 bits per heavy atom. The maximum atomic E-state index is 11.7. The summed E-state index contributed by atoms with van der Waals surface area (Å²) in [6.07, 6.45) is -0.110. The molecule has 18 heavy (non-hydrogen) atoms. The van der Waals surface area contributed by atoms with Crippen LogP contribution in [-0.2, 0) is 11.3 Å². The Balaban J connectivity index is 2.35. The fraction of sp³-hybridized carbons (Fsp3) is 0.462. The quantitative estimate of drug-likeness (QED) is 0.653. The third kappa shape index (κ3) is 4.83. The average molecular weight is 253 g/mol. The zero-order valence-electron chi connectivity index (χ0n) is 10.4. The lowest BCUT2D eigenvalue weighted by atomic mass is 10.1. The number of hydrogen-bond donors (Lipinski definition) is 3. The van der Waals surface area contributed by atoms with Crippen LogP contribution in [0.4, 0.5) is 0 Å². The summed E-state index contributed by atoms with van der Waals surface area (Å²) in [5, 5.41) is 21.0. The van der Waals surface area contributed by atoms with Crippen molar-refractivity contribution in [1.29, 1.82) is 0 Å². The van der Waals surface area contributed by atoms with E-state index in [-0.39, 0.29) is 19.1 Å². The van der Waals surface area contributed by atoms with E-state index in [1.807, 2.05) is 0 Å². The lowest BCUT2D eigenvalue weighted by Gasteiger charge is -2.10. The summed E-state index contributed by atoms with van der Waals surface area (Å²) in [6.45, 7) is 0.622. The Labute approximate surface area is 106 Å². The van der Waals surface area contributed by atoms with E-state index >= 15 is 0 Å². The fourth-order valence-corrected chi connectivity index (χ4v) is 1.49. The minimum Gasteiger partial charge on any atom is -0.392 e. The molecule has 5 heteroatoms. The molecule has 0 heterocycles. The fourth-order valence-electron chi connectivity index (χ4n) is 1.49. The minimum atomic E-state index is -0.563. The molecule has 0 fully saturated rings. The highest BCUT2D eigenvalue weighted by molar-refractivity contribution is 5.94. The second kappa shape index (κ2) is 7.81. The highest BCUT2D eigenvalue weighted by Crippen LogP contribution is 2.04. The summed E-state index contributed by atoms with van der Waals surface area (Å²) in [5.41, 5.74) is 1.30. The molecule has 1 atom stereocenters. The molecule has 1 rings (SSSR count). The Morgan fingerprint density at radius 2 is 2.06 bits per heavy atom. The van der Waals surface area contributed by atoms with Crippen LogP contribution in [0.2, 0.25) is 0 Å². The van der Waals surface area contributed by atoms with E-state index < -0.39 is 6.10 Å². The Hall–Kier alpha value is -1.43. The highest BCUT2D eigenvalue weighted by Gasteiger charge is 2.07. The Morgan fingerprint density at radius 1 is 1.39 bits per heavy atom. The molecule has 100 valence electrons. The molecule has 0 saturated carbocycles.